The SMILES string of the molecule is O=C(Nc1ccc(-c2ccccc2)cc1)NC(C(=O)NCCCN1CCCC1)c1ccccc1. The van der Waals surface area contributed by atoms with Crippen molar-refractivity contribution in [3.05, 3.63) is 90.5 Å². The highest BCUT2D eigenvalue weighted by Gasteiger charge is 2.22. The van der Waals surface area contributed by atoms with Gasteiger partial charge in [-0.15, -0.1) is 0 Å². The molecule has 3 aromatic carbocycles. The Morgan fingerprint density at radius 3 is 2.09 bits per heavy atom. The number of carbonyl (C=O) groups excluding carboxylic acids is 2. The highest BCUT2D eigenvalue weighted by Crippen LogP contribution is 2.21. The van der Waals surface area contributed by atoms with Gasteiger partial charge in [-0.3, -0.25) is 4.79 Å². The van der Waals surface area contributed by atoms with Crippen molar-refractivity contribution < 1.29 is 9.59 Å². The Balaban J connectivity index is 1.34. The van der Waals surface area contributed by atoms with E-state index in [4.69, 9.17) is 0 Å². The molecule has 6 nitrogen and oxygen atoms in total. The number of nitrogens with one attached hydrogen (secondary N) is 3. The molecule has 1 unspecified atom stereocenters. The van der Waals surface area contributed by atoms with E-state index < -0.39 is 12.1 Å². The largest absolute Gasteiger partial charge is 0.354 e. The maximum Gasteiger partial charge on any atom is 0.320 e. The van der Waals surface area contributed by atoms with E-state index in [2.05, 4.69) is 20.9 Å². The van der Waals surface area contributed by atoms with Crippen LogP contribution < -0.4 is 16.0 Å². The van der Waals surface area contributed by atoms with E-state index in [1.54, 1.807) is 0 Å². The molecule has 4 rings (SSSR count). The second-order valence-corrected chi connectivity index (χ2v) is 8.58. The van der Waals surface area contributed by atoms with Crippen molar-refractivity contribution in [2.75, 3.05) is 31.5 Å². The Morgan fingerprint density at radius 2 is 1.41 bits per heavy atom. The van der Waals surface area contributed by atoms with E-state index >= 15 is 0 Å². The first-order valence-corrected chi connectivity index (χ1v) is 12.0. The molecule has 1 fully saturated rings. The third-order valence-corrected chi connectivity index (χ3v) is 6.07. The molecule has 0 bridgehead atoms. The molecule has 176 valence electrons. The number of anilines is 1. The van der Waals surface area contributed by atoms with Crippen LogP contribution in [0.2, 0.25) is 0 Å². The maximum atomic E-state index is 13.0. The molecular weight excluding hydrogens is 424 g/mol. The van der Waals surface area contributed by atoms with Gasteiger partial charge in [0, 0.05) is 12.2 Å². The van der Waals surface area contributed by atoms with Crippen molar-refractivity contribution in [1.29, 1.82) is 0 Å². The molecule has 1 aliphatic heterocycles. The first kappa shape index (κ1) is 23.5. The smallest absolute Gasteiger partial charge is 0.320 e. The second kappa shape index (κ2) is 12.0. The van der Waals surface area contributed by atoms with Crippen molar-refractivity contribution in [1.82, 2.24) is 15.5 Å². The Bertz CT molecular complexity index is 1050. The number of benzene rings is 3. The molecule has 6 heteroatoms. The first-order valence-electron chi connectivity index (χ1n) is 12.0. The third-order valence-electron chi connectivity index (χ3n) is 6.07. The lowest BCUT2D eigenvalue weighted by Gasteiger charge is -2.20. The van der Waals surface area contributed by atoms with Gasteiger partial charge in [0.15, 0.2) is 0 Å². The van der Waals surface area contributed by atoms with Crippen LogP contribution in [0, 0.1) is 0 Å². The average Bonchev–Trinajstić information content (AvgIpc) is 3.40. The summed E-state index contributed by atoms with van der Waals surface area (Å²) in [6, 6.07) is 25.8. The normalized spacial score (nSPS) is 14.4. The molecule has 0 spiro atoms. The zero-order valence-corrected chi connectivity index (χ0v) is 19.4. The summed E-state index contributed by atoms with van der Waals surface area (Å²) in [5.74, 6) is -0.206. The van der Waals surface area contributed by atoms with Gasteiger partial charge in [-0.25, -0.2) is 4.79 Å². The number of carbonyl (C=O) groups is 2. The van der Waals surface area contributed by atoms with Crippen LogP contribution >= 0.6 is 0 Å². The van der Waals surface area contributed by atoms with E-state index in [0.717, 1.165) is 42.7 Å². The fourth-order valence-corrected chi connectivity index (χ4v) is 4.24. The Hall–Kier alpha value is -3.64. The monoisotopic (exact) mass is 456 g/mol. The van der Waals surface area contributed by atoms with E-state index in [9.17, 15) is 9.59 Å². The average molecular weight is 457 g/mol. The summed E-state index contributed by atoms with van der Waals surface area (Å²) in [4.78, 5) is 28.1. The molecule has 34 heavy (non-hydrogen) atoms. The van der Waals surface area contributed by atoms with Crippen molar-refractivity contribution in [3.63, 3.8) is 0 Å². The topological polar surface area (TPSA) is 73.5 Å². The zero-order valence-electron chi connectivity index (χ0n) is 19.4. The molecule has 3 aromatic rings. The van der Waals surface area contributed by atoms with Gasteiger partial charge in [-0.2, -0.15) is 0 Å². The van der Waals surface area contributed by atoms with Gasteiger partial charge in [-0.05, 0) is 67.7 Å². The maximum absolute atomic E-state index is 13.0. The summed E-state index contributed by atoms with van der Waals surface area (Å²) in [6.45, 7) is 3.87. The Morgan fingerprint density at radius 1 is 0.794 bits per heavy atom. The van der Waals surface area contributed by atoms with E-state index in [-0.39, 0.29) is 5.91 Å². The molecule has 0 radical (unpaired) electrons. The molecule has 1 aliphatic rings. The number of likely N-dealkylation sites (tertiary alicyclic amines) is 1. The Kier molecular flexibility index (Phi) is 8.30. The van der Waals surface area contributed by atoms with E-state index in [1.165, 1.54) is 12.8 Å². The minimum Gasteiger partial charge on any atom is -0.354 e. The van der Waals surface area contributed by atoms with Gasteiger partial charge in [0.2, 0.25) is 5.91 Å². The van der Waals surface area contributed by atoms with Crippen molar-refractivity contribution >= 4 is 17.6 Å². The van der Waals surface area contributed by atoms with Gasteiger partial charge in [0.05, 0.1) is 0 Å². The predicted octanol–water partition coefficient (Wildman–Crippen LogP) is 4.82. The van der Waals surface area contributed by atoms with Crippen molar-refractivity contribution in [2.45, 2.75) is 25.3 Å². The molecule has 0 aromatic heterocycles. The van der Waals surface area contributed by atoms with E-state index in [0.29, 0.717) is 12.2 Å². The second-order valence-electron chi connectivity index (χ2n) is 8.58. The first-order chi connectivity index (χ1) is 16.7. The number of hydrogen-bond acceptors (Lipinski definition) is 3. The lowest BCUT2D eigenvalue weighted by atomic mass is 10.1. The van der Waals surface area contributed by atoms with Crippen LogP contribution in [0.4, 0.5) is 10.5 Å². The quantitative estimate of drug-likeness (QED) is 0.404. The van der Waals surface area contributed by atoms with Crippen LogP contribution in [0.3, 0.4) is 0 Å². The van der Waals surface area contributed by atoms with Crippen LogP contribution in [0.25, 0.3) is 11.1 Å². The number of rotatable bonds is 9. The highest BCUT2D eigenvalue weighted by atomic mass is 16.2. The van der Waals surface area contributed by atoms with Gasteiger partial charge >= 0.3 is 6.03 Å². The molecule has 3 amide bonds. The molecule has 0 saturated carbocycles. The van der Waals surface area contributed by atoms with E-state index in [1.807, 2.05) is 84.9 Å². The van der Waals surface area contributed by atoms with Crippen LogP contribution in [-0.4, -0.2) is 43.0 Å². The molecule has 1 saturated heterocycles. The summed E-state index contributed by atoms with van der Waals surface area (Å²) < 4.78 is 0. The van der Waals surface area contributed by atoms with Crippen LogP contribution in [0.15, 0.2) is 84.9 Å². The standard InChI is InChI=1S/C28H32N4O2/c33-27(29-18-9-21-32-19-7-8-20-32)26(24-12-5-2-6-13-24)31-28(34)30-25-16-14-23(15-17-25)22-10-3-1-4-11-22/h1-6,10-17,26H,7-9,18-21H2,(H,29,33)(H2,30,31,34). The summed E-state index contributed by atoms with van der Waals surface area (Å²) in [6.07, 6.45) is 3.42. The zero-order chi connectivity index (χ0) is 23.6. The molecule has 3 N–H and O–H groups in total. The van der Waals surface area contributed by atoms with Crippen LogP contribution in [-0.2, 0) is 4.79 Å². The van der Waals surface area contributed by atoms with Crippen molar-refractivity contribution in [3.8, 4) is 11.1 Å². The molecular formula is C28H32N4O2. The lowest BCUT2D eigenvalue weighted by Crippen LogP contribution is -2.42. The lowest BCUT2D eigenvalue weighted by molar-refractivity contribution is -0.123. The van der Waals surface area contributed by atoms with Gasteiger partial charge in [-0.1, -0.05) is 72.8 Å². The molecule has 1 atom stereocenters. The minimum atomic E-state index is -0.767. The number of urea groups is 1. The predicted molar refractivity (Wildman–Crippen MR) is 137 cm³/mol. The van der Waals surface area contributed by atoms with Crippen molar-refractivity contribution in [2.24, 2.45) is 0 Å². The van der Waals surface area contributed by atoms with Gasteiger partial charge in [0.25, 0.3) is 0 Å². The summed E-state index contributed by atoms with van der Waals surface area (Å²) in [5.41, 5.74) is 3.59. The molecule has 0 aliphatic carbocycles. The number of hydrogen-bond donors (Lipinski definition) is 3. The summed E-state index contributed by atoms with van der Waals surface area (Å²) >= 11 is 0. The van der Waals surface area contributed by atoms with Crippen LogP contribution in [0.1, 0.15) is 30.9 Å². The summed E-state index contributed by atoms with van der Waals surface area (Å²) in [7, 11) is 0. The fraction of sp³-hybridized carbons (Fsp3) is 0.286. The summed E-state index contributed by atoms with van der Waals surface area (Å²) in [5, 5.41) is 8.67. The minimum absolute atomic E-state index is 0.206. The van der Waals surface area contributed by atoms with Gasteiger partial charge in [0.1, 0.15) is 6.04 Å². The number of amides is 3. The Labute approximate surface area is 201 Å². The third kappa shape index (κ3) is 6.68. The highest BCUT2D eigenvalue weighted by molar-refractivity contribution is 5.94. The van der Waals surface area contributed by atoms with Gasteiger partial charge < -0.3 is 20.9 Å². The fourth-order valence-electron chi connectivity index (χ4n) is 4.24. The number of nitrogens with zero attached hydrogens (tertiary/aromatic N) is 1. The molecule has 1 heterocycles. The van der Waals surface area contributed by atoms with Crippen LogP contribution in [0.5, 0.6) is 0 Å².